The minimum atomic E-state index is -4.79. The minimum absolute atomic E-state index is 0.125. The SMILES string of the molecule is Cc1nc(N2CCN(CCO)CC2)nc2ncc(NC(=O)COc3ccc(OC(F)(F)F)cc3)nc12. The van der Waals surface area contributed by atoms with E-state index in [1.165, 1.54) is 18.3 Å². The summed E-state index contributed by atoms with van der Waals surface area (Å²) in [5.41, 5.74) is 1.44. The van der Waals surface area contributed by atoms with E-state index in [0.29, 0.717) is 29.4 Å². The van der Waals surface area contributed by atoms with Crippen molar-refractivity contribution in [2.45, 2.75) is 13.3 Å². The molecule has 0 unspecified atom stereocenters. The van der Waals surface area contributed by atoms with Gasteiger partial charge in [0.05, 0.1) is 18.5 Å². The molecule has 1 saturated heterocycles. The van der Waals surface area contributed by atoms with Crippen LogP contribution in [0.25, 0.3) is 11.2 Å². The van der Waals surface area contributed by atoms with Crippen molar-refractivity contribution < 1.29 is 32.5 Å². The predicted octanol–water partition coefficient (Wildman–Crippen LogP) is 1.76. The molecular weight excluding hydrogens is 483 g/mol. The van der Waals surface area contributed by atoms with Crippen molar-refractivity contribution in [3.8, 4) is 11.5 Å². The molecule has 0 spiro atoms. The van der Waals surface area contributed by atoms with Gasteiger partial charge in [-0.3, -0.25) is 9.69 Å². The number of aliphatic hydroxyl groups is 1. The third kappa shape index (κ3) is 6.66. The number of piperazine rings is 1. The zero-order chi connectivity index (χ0) is 25.7. The number of ether oxygens (including phenoxy) is 2. The Morgan fingerprint density at radius 2 is 1.78 bits per heavy atom. The first-order valence-corrected chi connectivity index (χ1v) is 11.1. The lowest BCUT2D eigenvalue weighted by atomic mass is 10.3. The minimum Gasteiger partial charge on any atom is -0.484 e. The molecule has 1 fully saturated rings. The van der Waals surface area contributed by atoms with E-state index < -0.39 is 24.6 Å². The molecule has 0 atom stereocenters. The van der Waals surface area contributed by atoms with Crippen molar-refractivity contribution in [3.05, 3.63) is 36.2 Å². The molecule has 3 aromatic rings. The number of rotatable bonds is 8. The highest BCUT2D eigenvalue weighted by atomic mass is 19.4. The number of aryl methyl sites for hydroxylation is 1. The summed E-state index contributed by atoms with van der Waals surface area (Å²) in [6.07, 6.45) is -3.41. The van der Waals surface area contributed by atoms with Crippen LogP contribution in [0.1, 0.15) is 5.69 Å². The molecular formula is C22H24F3N7O4. The molecule has 0 aliphatic carbocycles. The van der Waals surface area contributed by atoms with Crippen LogP contribution in [0.5, 0.6) is 11.5 Å². The maximum Gasteiger partial charge on any atom is 0.573 e. The third-order valence-electron chi connectivity index (χ3n) is 5.34. The Bertz CT molecular complexity index is 1200. The summed E-state index contributed by atoms with van der Waals surface area (Å²) in [5.74, 6) is 0.000712. The van der Waals surface area contributed by atoms with Gasteiger partial charge >= 0.3 is 6.36 Å². The highest BCUT2D eigenvalue weighted by Gasteiger charge is 2.31. The van der Waals surface area contributed by atoms with Gasteiger partial charge in [0.1, 0.15) is 17.0 Å². The quantitative estimate of drug-likeness (QED) is 0.466. The van der Waals surface area contributed by atoms with Gasteiger partial charge in [-0.15, -0.1) is 13.2 Å². The molecule has 1 aliphatic heterocycles. The monoisotopic (exact) mass is 507 g/mol. The number of alkyl halides is 3. The van der Waals surface area contributed by atoms with Gasteiger partial charge in [0.2, 0.25) is 5.95 Å². The maximum atomic E-state index is 12.3. The summed E-state index contributed by atoms with van der Waals surface area (Å²) >= 11 is 0. The van der Waals surface area contributed by atoms with Crippen molar-refractivity contribution in [1.29, 1.82) is 0 Å². The molecule has 2 aromatic heterocycles. The zero-order valence-electron chi connectivity index (χ0n) is 19.3. The first-order chi connectivity index (χ1) is 17.2. The average molecular weight is 507 g/mol. The summed E-state index contributed by atoms with van der Waals surface area (Å²) in [6, 6.07) is 4.69. The second-order valence-electron chi connectivity index (χ2n) is 7.94. The number of aliphatic hydroxyl groups excluding tert-OH is 1. The van der Waals surface area contributed by atoms with Gasteiger partial charge < -0.3 is 24.8 Å². The van der Waals surface area contributed by atoms with Crippen LogP contribution in [0.2, 0.25) is 0 Å². The lowest BCUT2D eigenvalue weighted by molar-refractivity contribution is -0.274. The lowest BCUT2D eigenvalue weighted by Crippen LogP contribution is -2.47. The van der Waals surface area contributed by atoms with Crippen LogP contribution < -0.4 is 19.7 Å². The van der Waals surface area contributed by atoms with Crippen molar-refractivity contribution in [2.24, 2.45) is 0 Å². The fourth-order valence-corrected chi connectivity index (χ4v) is 3.61. The summed E-state index contributed by atoms with van der Waals surface area (Å²) in [5, 5.41) is 11.7. The van der Waals surface area contributed by atoms with Crippen LogP contribution in [0, 0.1) is 6.92 Å². The molecule has 0 saturated carbocycles. The molecule has 1 aromatic carbocycles. The van der Waals surface area contributed by atoms with Crippen LogP contribution >= 0.6 is 0 Å². The van der Waals surface area contributed by atoms with E-state index in [0.717, 1.165) is 38.3 Å². The molecule has 192 valence electrons. The Kier molecular flexibility index (Phi) is 7.64. The zero-order valence-corrected chi connectivity index (χ0v) is 19.3. The topological polar surface area (TPSA) is 126 Å². The smallest absolute Gasteiger partial charge is 0.484 e. The number of carbonyl (C=O) groups excluding carboxylic acids is 1. The van der Waals surface area contributed by atoms with Gasteiger partial charge in [-0.2, -0.15) is 4.98 Å². The van der Waals surface area contributed by atoms with Crippen molar-refractivity contribution >= 4 is 28.8 Å². The number of amides is 1. The van der Waals surface area contributed by atoms with Crippen molar-refractivity contribution in [3.63, 3.8) is 0 Å². The molecule has 4 rings (SSSR count). The van der Waals surface area contributed by atoms with E-state index in [-0.39, 0.29) is 18.2 Å². The maximum absolute atomic E-state index is 12.3. The van der Waals surface area contributed by atoms with E-state index in [4.69, 9.17) is 9.84 Å². The summed E-state index contributed by atoms with van der Waals surface area (Å²) in [4.78, 5) is 34.2. The average Bonchev–Trinajstić information content (AvgIpc) is 2.84. The Hall–Kier alpha value is -3.78. The van der Waals surface area contributed by atoms with Gasteiger partial charge in [0, 0.05) is 32.7 Å². The Balaban J connectivity index is 1.35. The molecule has 0 radical (unpaired) electrons. The van der Waals surface area contributed by atoms with E-state index in [1.54, 1.807) is 6.92 Å². The second-order valence-corrected chi connectivity index (χ2v) is 7.94. The van der Waals surface area contributed by atoms with Gasteiger partial charge in [-0.1, -0.05) is 0 Å². The Morgan fingerprint density at radius 1 is 1.08 bits per heavy atom. The van der Waals surface area contributed by atoms with Gasteiger partial charge in [0.15, 0.2) is 18.1 Å². The molecule has 1 amide bonds. The normalized spacial score (nSPS) is 14.6. The number of nitrogens with one attached hydrogen (secondary N) is 1. The largest absolute Gasteiger partial charge is 0.573 e. The number of nitrogens with zero attached hydrogens (tertiary/aromatic N) is 6. The number of hydrogen-bond donors (Lipinski definition) is 2. The Labute approximate surface area is 203 Å². The second kappa shape index (κ2) is 10.9. The molecule has 1 aliphatic rings. The van der Waals surface area contributed by atoms with Crippen molar-refractivity contribution in [1.82, 2.24) is 24.8 Å². The third-order valence-corrected chi connectivity index (χ3v) is 5.34. The van der Waals surface area contributed by atoms with Crippen LogP contribution in [0.15, 0.2) is 30.5 Å². The van der Waals surface area contributed by atoms with Crippen LogP contribution in [-0.4, -0.2) is 88.1 Å². The molecule has 11 nitrogen and oxygen atoms in total. The van der Waals surface area contributed by atoms with Crippen LogP contribution in [0.4, 0.5) is 24.9 Å². The highest BCUT2D eigenvalue weighted by molar-refractivity contribution is 5.91. The van der Waals surface area contributed by atoms with Crippen LogP contribution in [-0.2, 0) is 4.79 Å². The summed E-state index contributed by atoms with van der Waals surface area (Å²) < 4.78 is 45.8. The molecule has 2 N–H and O–H groups in total. The summed E-state index contributed by atoms with van der Waals surface area (Å²) in [7, 11) is 0. The molecule has 0 bridgehead atoms. The summed E-state index contributed by atoms with van der Waals surface area (Å²) in [6.45, 7) is 5.20. The van der Waals surface area contributed by atoms with Gasteiger partial charge in [0.25, 0.3) is 5.91 Å². The fourth-order valence-electron chi connectivity index (χ4n) is 3.61. The van der Waals surface area contributed by atoms with Crippen LogP contribution in [0.3, 0.4) is 0 Å². The Morgan fingerprint density at radius 3 is 2.44 bits per heavy atom. The number of β-amino-alcohol motifs (C(OH)–C–C–N with tert-alkyl or cyclic N) is 1. The van der Waals surface area contributed by atoms with E-state index in [9.17, 15) is 18.0 Å². The first-order valence-electron chi connectivity index (χ1n) is 11.1. The van der Waals surface area contributed by atoms with E-state index >= 15 is 0 Å². The predicted molar refractivity (Wildman–Crippen MR) is 123 cm³/mol. The van der Waals surface area contributed by atoms with Gasteiger partial charge in [-0.05, 0) is 31.2 Å². The number of aromatic nitrogens is 4. The van der Waals surface area contributed by atoms with Crippen molar-refractivity contribution in [2.75, 3.05) is 56.2 Å². The number of anilines is 2. The van der Waals surface area contributed by atoms with Gasteiger partial charge in [-0.25, -0.2) is 15.0 Å². The number of carbonyl (C=O) groups is 1. The van der Waals surface area contributed by atoms with E-state index in [2.05, 4.69) is 39.8 Å². The molecule has 36 heavy (non-hydrogen) atoms. The number of fused-ring (bicyclic) bond motifs is 1. The van der Waals surface area contributed by atoms with E-state index in [1.807, 2.05) is 0 Å². The molecule has 14 heteroatoms. The number of benzene rings is 1. The molecule has 3 heterocycles. The number of halogens is 3. The fraction of sp³-hybridized carbons (Fsp3) is 0.409. The highest BCUT2D eigenvalue weighted by Crippen LogP contribution is 2.25. The lowest BCUT2D eigenvalue weighted by Gasteiger charge is -2.34. The standard InChI is InChI=1S/C22H24F3N7O4/c1-14-19-20(30-21(27-14)32-8-6-31(7-9-32)10-11-33)26-12-17(29-19)28-18(34)13-35-15-2-4-16(5-3-15)36-22(23,24)25/h2-5,12,33H,6-11,13H2,1H3,(H,28,29,34). The first kappa shape index (κ1) is 25.3. The number of hydrogen-bond acceptors (Lipinski definition) is 10.